The molecule has 0 heterocycles. The average molecular weight is 416 g/mol. The average Bonchev–Trinajstić information content (AvgIpc) is 3.26. The number of amides is 2. The zero-order valence-corrected chi connectivity index (χ0v) is 17.3. The van der Waals surface area contributed by atoms with Crippen LogP contribution in [0.25, 0.3) is 0 Å². The minimum absolute atomic E-state index is 0.0746. The van der Waals surface area contributed by atoms with Gasteiger partial charge in [-0.2, -0.15) is 0 Å². The smallest absolute Gasteiger partial charge is 0.262 e. The third-order valence-corrected chi connectivity index (χ3v) is 5.23. The molecule has 2 amide bonds. The van der Waals surface area contributed by atoms with Crippen LogP contribution in [0.5, 0.6) is 11.5 Å². The number of methoxy groups -OCH3 is 1. The predicted molar refractivity (Wildman–Crippen MR) is 120 cm³/mol. The van der Waals surface area contributed by atoms with Crippen molar-refractivity contribution in [3.63, 3.8) is 0 Å². The Balaban J connectivity index is 1.30. The molecule has 3 aromatic carbocycles. The van der Waals surface area contributed by atoms with Gasteiger partial charge in [0, 0.05) is 11.3 Å². The van der Waals surface area contributed by atoms with Gasteiger partial charge in [-0.15, -0.1) is 0 Å². The van der Waals surface area contributed by atoms with E-state index in [-0.39, 0.29) is 18.4 Å². The van der Waals surface area contributed by atoms with Gasteiger partial charge in [0.1, 0.15) is 11.5 Å². The molecule has 0 bridgehead atoms. The zero-order valence-electron chi connectivity index (χ0n) is 17.3. The van der Waals surface area contributed by atoms with E-state index in [0.717, 1.165) is 12.8 Å². The Bertz CT molecular complexity index is 1090. The Kier molecular flexibility index (Phi) is 6.17. The first-order valence-corrected chi connectivity index (χ1v) is 10.2. The SMILES string of the molecule is COc1ccccc1NC(=O)c1ccc(NC(=O)COc2ccc3c(c2)CCC3)cc1. The molecule has 0 atom stereocenters. The van der Waals surface area contributed by atoms with Crippen molar-refractivity contribution >= 4 is 23.2 Å². The van der Waals surface area contributed by atoms with Crippen molar-refractivity contribution in [2.45, 2.75) is 19.3 Å². The minimum Gasteiger partial charge on any atom is -0.495 e. The topological polar surface area (TPSA) is 76.7 Å². The number of nitrogens with one attached hydrogen (secondary N) is 2. The molecule has 31 heavy (non-hydrogen) atoms. The highest BCUT2D eigenvalue weighted by Crippen LogP contribution is 2.26. The van der Waals surface area contributed by atoms with E-state index < -0.39 is 0 Å². The number of carbonyl (C=O) groups excluding carboxylic acids is 2. The summed E-state index contributed by atoms with van der Waals surface area (Å²) in [6.45, 7) is -0.0746. The maximum atomic E-state index is 12.5. The molecule has 6 heteroatoms. The molecular weight excluding hydrogens is 392 g/mol. The van der Waals surface area contributed by atoms with E-state index in [9.17, 15) is 9.59 Å². The fourth-order valence-corrected chi connectivity index (χ4v) is 3.63. The molecule has 1 aliphatic carbocycles. The fraction of sp³-hybridized carbons (Fsp3) is 0.200. The van der Waals surface area contributed by atoms with Gasteiger partial charge in [-0.05, 0) is 78.9 Å². The second kappa shape index (κ2) is 9.34. The second-order valence-electron chi connectivity index (χ2n) is 7.35. The summed E-state index contributed by atoms with van der Waals surface area (Å²) in [5.41, 5.74) is 4.33. The van der Waals surface area contributed by atoms with Crippen molar-refractivity contribution in [1.29, 1.82) is 0 Å². The molecule has 0 aliphatic heterocycles. The fourth-order valence-electron chi connectivity index (χ4n) is 3.63. The van der Waals surface area contributed by atoms with Crippen LogP contribution in [0.1, 0.15) is 27.9 Å². The summed E-state index contributed by atoms with van der Waals surface area (Å²) in [5.74, 6) is 0.774. The van der Waals surface area contributed by atoms with Crippen LogP contribution < -0.4 is 20.1 Å². The molecular formula is C25H24N2O4. The summed E-state index contributed by atoms with van der Waals surface area (Å²) >= 11 is 0. The molecule has 0 saturated heterocycles. The van der Waals surface area contributed by atoms with Crippen molar-refractivity contribution in [1.82, 2.24) is 0 Å². The molecule has 3 aromatic rings. The molecule has 0 unspecified atom stereocenters. The highest BCUT2D eigenvalue weighted by Gasteiger charge is 2.13. The first-order valence-electron chi connectivity index (χ1n) is 10.2. The van der Waals surface area contributed by atoms with Crippen LogP contribution >= 0.6 is 0 Å². The van der Waals surface area contributed by atoms with Crippen LogP contribution in [0.15, 0.2) is 66.7 Å². The number of benzene rings is 3. The van der Waals surface area contributed by atoms with E-state index in [1.807, 2.05) is 24.3 Å². The van der Waals surface area contributed by atoms with Crippen molar-refractivity contribution in [3.8, 4) is 11.5 Å². The third kappa shape index (κ3) is 5.04. The molecule has 158 valence electrons. The molecule has 0 saturated carbocycles. The van der Waals surface area contributed by atoms with Gasteiger partial charge in [0.15, 0.2) is 6.61 Å². The molecule has 1 aliphatic rings. The third-order valence-electron chi connectivity index (χ3n) is 5.23. The van der Waals surface area contributed by atoms with Crippen LogP contribution in [-0.4, -0.2) is 25.5 Å². The standard InChI is InChI=1S/C25H24N2O4/c1-30-23-8-3-2-7-22(23)27-25(29)18-9-12-20(13-10-18)26-24(28)16-31-21-14-11-17-5-4-6-19(17)15-21/h2-3,7-15H,4-6,16H2,1H3,(H,26,28)(H,27,29). The monoisotopic (exact) mass is 416 g/mol. The van der Waals surface area contributed by atoms with E-state index in [2.05, 4.69) is 16.7 Å². The second-order valence-corrected chi connectivity index (χ2v) is 7.35. The Morgan fingerprint density at radius 3 is 2.48 bits per heavy atom. The van der Waals surface area contributed by atoms with Crippen LogP contribution in [0.4, 0.5) is 11.4 Å². The lowest BCUT2D eigenvalue weighted by Crippen LogP contribution is -2.20. The number of hydrogen-bond donors (Lipinski definition) is 2. The van der Waals surface area contributed by atoms with Gasteiger partial charge in [0.05, 0.1) is 12.8 Å². The van der Waals surface area contributed by atoms with Gasteiger partial charge < -0.3 is 20.1 Å². The molecule has 0 spiro atoms. The normalized spacial score (nSPS) is 12.0. The number of carbonyl (C=O) groups is 2. The first-order chi connectivity index (χ1) is 15.1. The zero-order chi connectivity index (χ0) is 21.6. The summed E-state index contributed by atoms with van der Waals surface area (Å²) in [6.07, 6.45) is 3.35. The van der Waals surface area contributed by atoms with Gasteiger partial charge in [-0.3, -0.25) is 9.59 Å². The molecule has 4 rings (SSSR count). The van der Waals surface area contributed by atoms with Crippen LogP contribution in [0.2, 0.25) is 0 Å². The highest BCUT2D eigenvalue weighted by atomic mass is 16.5. The van der Waals surface area contributed by atoms with Gasteiger partial charge in [-0.25, -0.2) is 0 Å². The number of rotatable bonds is 7. The lowest BCUT2D eigenvalue weighted by atomic mass is 10.1. The largest absolute Gasteiger partial charge is 0.495 e. The van der Waals surface area contributed by atoms with E-state index in [1.54, 1.807) is 43.5 Å². The Morgan fingerprint density at radius 2 is 1.68 bits per heavy atom. The lowest BCUT2D eigenvalue weighted by molar-refractivity contribution is -0.118. The van der Waals surface area contributed by atoms with Crippen molar-refractivity contribution in [2.75, 3.05) is 24.4 Å². The summed E-state index contributed by atoms with van der Waals surface area (Å²) in [6, 6.07) is 19.9. The number of anilines is 2. The number of hydrogen-bond acceptors (Lipinski definition) is 4. The molecule has 2 N–H and O–H groups in total. The Labute approximate surface area is 181 Å². The van der Waals surface area contributed by atoms with Gasteiger partial charge >= 0.3 is 0 Å². The molecule has 0 fully saturated rings. The molecule has 6 nitrogen and oxygen atoms in total. The molecule has 0 radical (unpaired) electrons. The quantitative estimate of drug-likeness (QED) is 0.596. The predicted octanol–water partition coefficient (Wildman–Crippen LogP) is 4.45. The van der Waals surface area contributed by atoms with Crippen LogP contribution in [0, 0.1) is 0 Å². The van der Waals surface area contributed by atoms with Crippen molar-refractivity contribution in [2.24, 2.45) is 0 Å². The van der Waals surface area contributed by atoms with Crippen molar-refractivity contribution in [3.05, 3.63) is 83.4 Å². The number of fused-ring (bicyclic) bond motifs is 1. The summed E-state index contributed by atoms with van der Waals surface area (Å²) in [7, 11) is 1.55. The number of ether oxygens (including phenoxy) is 2. The molecule has 0 aromatic heterocycles. The Hall–Kier alpha value is -3.80. The number of para-hydroxylation sites is 2. The highest BCUT2D eigenvalue weighted by molar-refractivity contribution is 6.05. The van der Waals surface area contributed by atoms with E-state index in [0.29, 0.717) is 28.4 Å². The van der Waals surface area contributed by atoms with Gasteiger partial charge in [0.2, 0.25) is 0 Å². The minimum atomic E-state index is -0.262. The van der Waals surface area contributed by atoms with Crippen LogP contribution in [-0.2, 0) is 17.6 Å². The van der Waals surface area contributed by atoms with Crippen LogP contribution in [0.3, 0.4) is 0 Å². The van der Waals surface area contributed by atoms with Crippen molar-refractivity contribution < 1.29 is 19.1 Å². The lowest BCUT2D eigenvalue weighted by Gasteiger charge is -2.11. The van der Waals surface area contributed by atoms with Gasteiger partial charge in [0.25, 0.3) is 11.8 Å². The number of aryl methyl sites for hydroxylation is 2. The van der Waals surface area contributed by atoms with Gasteiger partial charge in [-0.1, -0.05) is 18.2 Å². The van der Waals surface area contributed by atoms with E-state index in [1.165, 1.54) is 17.5 Å². The maximum Gasteiger partial charge on any atom is 0.262 e. The summed E-state index contributed by atoms with van der Waals surface area (Å²) in [4.78, 5) is 24.7. The summed E-state index contributed by atoms with van der Waals surface area (Å²) < 4.78 is 10.9. The maximum absolute atomic E-state index is 12.5. The van der Waals surface area contributed by atoms with E-state index in [4.69, 9.17) is 9.47 Å². The summed E-state index contributed by atoms with van der Waals surface area (Å²) in [5, 5.41) is 5.61. The first kappa shape index (κ1) is 20.5. The Morgan fingerprint density at radius 1 is 0.903 bits per heavy atom. The van der Waals surface area contributed by atoms with E-state index >= 15 is 0 Å².